The van der Waals surface area contributed by atoms with Crippen molar-refractivity contribution in [2.24, 2.45) is 0 Å². The highest BCUT2D eigenvalue weighted by Crippen LogP contribution is 1.98. The number of aliphatic carboxylic acids is 2. The molecule has 0 aliphatic carbocycles. The molecule has 92 valence electrons. The van der Waals surface area contributed by atoms with Gasteiger partial charge in [0, 0.05) is 18.3 Å². The third kappa shape index (κ3) is 4.03. The van der Waals surface area contributed by atoms with Gasteiger partial charge in [0.2, 0.25) is 0 Å². The monoisotopic (exact) mass is 241 g/mol. The van der Waals surface area contributed by atoms with Gasteiger partial charge >= 0.3 is 11.9 Å². The van der Waals surface area contributed by atoms with Crippen LogP contribution in [-0.4, -0.2) is 50.5 Å². The molecule has 0 fully saturated rings. The number of hydrogen-bond donors (Lipinski definition) is 4. The summed E-state index contributed by atoms with van der Waals surface area (Å²) < 4.78 is 0. The number of H-pyrrole nitrogens is 1. The van der Waals surface area contributed by atoms with Gasteiger partial charge < -0.3 is 15.2 Å². The van der Waals surface area contributed by atoms with Crippen molar-refractivity contribution >= 4 is 17.7 Å². The van der Waals surface area contributed by atoms with Gasteiger partial charge in [0.15, 0.2) is 0 Å². The predicted molar refractivity (Wildman–Crippen MR) is 54.4 cm³/mol. The summed E-state index contributed by atoms with van der Waals surface area (Å²) in [4.78, 5) is 38.3. The number of nitrogens with zero attached hydrogens (tertiary/aromatic N) is 1. The number of aromatic nitrogens is 2. The van der Waals surface area contributed by atoms with Crippen LogP contribution in [0.5, 0.6) is 0 Å². The minimum Gasteiger partial charge on any atom is -0.480 e. The predicted octanol–water partition coefficient (Wildman–Crippen LogP) is -1.35. The fraction of sp³-hybridized carbons (Fsp3) is 0.333. The average molecular weight is 241 g/mol. The number of Topliss-reactive ketones (excluding diaryl/α,β-unsaturated/α-hetero) is 1. The van der Waals surface area contributed by atoms with Crippen LogP contribution in [0.1, 0.15) is 5.69 Å². The summed E-state index contributed by atoms with van der Waals surface area (Å²) in [6.07, 6.45) is 2.94. The largest absolute Gasteiger partial charge is 0.480 e. The van der Waals surface area contributed by atoms with E-state index >= 15 is 0 Å². The second-order valence-electron chi connectivity index (χ2n) is 3.28. The summed E-state index contributed by atoms with van der Waals surface area (Å²) in [5, 5.41) is 19.6. The van der Waals surface area contributed by atoms with Gasteiger partial charge in [0.1, 0.15) is 6.04 Å². The molecule has 0 aliphatic rings. The maximum absolute atomic E-state index is 10.9. The van der Waals surface area contributed by atoms with E-state index in [1.165, 1.54) is 12.5 Å². The third-order valence-corrected chi connectivity index (χ3v) is 2.02. The van der Waals surface area contributed by atoms with Gasteiger partial charge in [-0.3, -0.25) is 14.9 Å². The molecule has 4 N–H and O–H groups in total. The van der Waals surface area contributed by atoms with E-state index in [4.69, 9.17) is 10.2 Å². The normalized spacial score (nSPS) is 12.0. The highest BCUT2D eigenvalue weighted by atomic mass is 16.4. The smallest absolute Gasteiger partial charge is 0.373 e. The minimum absolute atomic E-state index is 0.0855. The lowest BCUT2D eigenvalue weighted by atomic mass is 10.1. The van der Waals surface area contributed by atoms with Crippen molar-refractivity contribution in [3.63, 3.8) is 0 Å². The van der Waals surface area contributed by atoms with Crippen LogP contribution in [0.25, 0.3) is 0 Å². The van der Waals surface area contributed by atoms with E-state index in [9.17, 15) is 14.4 Å². The number of carbonyl (C=O) groups excluding carboxylic acids is 1. The molecular formula is C9H11N3O5. The number of imidazole rings is 1. The van der Waals surface area contributed by atoms with Gasteiger partial charge in [-0.15, -0.1) is 0 Å². The Bertz CT molecular complexity index is 414. The fourth-order valence-electron chi connectivity index (χ4n) is 1.15. The van der Waals surface area contributed by atoms with E-state index < -0.39 is 30.3 Å². The van der Waals surface area contributed by atoms with E-state index in [0.29, 0.717) is 5.69 Å². The van der Waals surface area contributed by atoms with Gasteiger partial charge in [-0.2, -0.15) is 0 Å². The SMILES string of the molecule is O=C(O)C(=O)CN[C@@H](Cc1cnc[nH]1)C(=O)O. The molecular weight excluding hydrogens is 230 g/mol. The van der Waals surface area contributed by atoms with Crippen LogP contribution in [0.4, 0.5) is 0 Å². The molecule has 1 aromatic rings. The van der Waals surface area contributed by atoms with Gasteiger partial charge in [-0.25, -0.2) is 9.78 Å². The van der Waals surface area contributed by atoms with Gasteiger partial charge in [0.25, 0.3) is 5.78 Å². The van der Waals surface area contributed by atoms with Crippen LogP contribution in [0.3, 0.4) is 0 Å². The molecule has 0 bridgehead atoms. The van der Waals surface area contributed by atoms with Crippen LogP contribution >= 0.6 is 0 Å². The lowest BCUT2D eigenvalue weighted by Crippen LogP contribution is -2.42. The number of hydrogen-bond acceptors (Lipinski definition) is 5. The maximum atomic E-state index is 10.9. The molecule has 1 atom stereocenters. The number of aromatic amines is 1. The molecule has 0 aromatic carbocycles. The molecule has 1 aromatic heterocycles. The molecule has 0 spiro atoms. The lowest BCUT2D eigenvalue weighted by Gasteiger charge is -2.11. The summed E-state index contributed by atoms with van der Waals surface area (Å²) in [6, 6.07) is -1.04. The molecule has 0 aliphatic heterocycles. The van der Waals surface area contributed by atoms with E-state index in [0.717, 1.165) is 0 Å². The zero-order chi connectivity index (χ0) is 12.8. The van der Waals surface area contributed by atoms with Crippen molar-refractivity contribution in [1.82, 2.24) is 15.3 Å². The Morgan fingerprint density at radius 1 is 1.41 bits per heavy atom. The standard InChI is InChI=1S/C9H11N3O5/c13-7(9(16)17)3-11-6(8(14)15)1-5-2-10-4-12-5/h2,4,6,11H,1,3H2,(H,10,12)(H,14,15)(H,16,17)/t6-/m0/s1. The zero-order valence-electron chi connectivity index (χ0n) is 8.71. The summed E-state index contributed by atoms with van der Waals surface area (Å²) in [7, 11) is 0. The lowest BCUT2D eigenvalue weighted by molar-refractivity contribution is -0.149. The first-order valence-corrected chi connectivity index (χ1v) is 4.70. The van der Waals surface area contributed by atoms with E-state index in [1.807, 2.05) is 0 Å². The first-order chi connectivity index (χ1) is 8.00. The molecule has 0 amide bonds. The number of rotatable bonds is 7. The molecule has 0 saturated heterocycles. The first-order valence-electron chi connectivity index (χ1n) is 4.70. The molecule has 8 heteroatoms. The van der Waals surface area contributed by atoms with E-state index in [2.05, 4.69) is 15.3 Å². The molecule has 17 heavy (non-hydrogen) atoms. The number of nitrogens with one attached hydrogen (secondary N) is 2. The van der Waals surface area contributed by atoms with Crippen molar-refractivity contribution < 1.29 is 24.6 Å². The summed E-state index contributed by atoms with van der Waals surface area (Å²) in [6.45, 7) is -0.527. The number of carboxylic acid groups (broad SMARTS) is 2. The molecule has 8 nitrogen and oxygen atoms in total. The maximum Gasteiger partial charge on any atom is 0.373 e. The van der Waals surface area contributed by atoms with E-state index in [1.54, 1.807) is 0 Å². The Balaban J connectivity index is 2.52. The Morgan fingerprint density at radius 2 is 2.12 bits per heavy atom. The van der Waals surface area contributed by atoms with Crippen LogP contribution in [0.15, 0.2) is 12.5 Å². The van der Waals surface area contributed by atoms with Crippen LogP contribution < -0.4 is 5.32 Å². The first kappa shape index (κ1) is 12.8. The summed E-state index contributed by atoms with van der Waals surface area (Å²) in [5.41, 5.74) is 0.577. The fourth-order valence-corrected chi connectivity index (χ4v) is 1.15. The Kier molecular flexibility index (Phi) is 4.35. The highest BCUT2D eigenvalue weighted by Gasteiger charge is 2.21. The van der Waals surface area contributed by atoms with Crippen LogP contribution in [0.2, 0.25) is 0 Å². The van der Waals surface area contributed by atoms with Crippen molar-refractivity contribution in [3.05, 3.63) is 18.2 Å². The van der Waals surface area contributed by atoms with Crippen molar-refractivity contribution in [2.75, 3.05) is 6.54 Å². The topological polar surface area (TPSA) is 132 Å². The van der Waals surface area contributed by atoms with E-state index in [-0.39, 0.29) is 6.42 Å². The Hall–Kier alpha value is -2.22. The van der Waals surface area contributed by atoms with Crippen molar-refractivity contribution in [1.29, 1.82) is 0 Å². The van der Waals surface area contributed by atoms with Crippen LogP contribution in [-0.2, 0) is 20.8 Å². The summed E-state index contributed by atoms with van der Waals surface area (Å²) in [5.74, 6) is -3.85. The molecule has 0 radical (unpaired) electrons. The molecule has 1 heterocycles. The summed E-state index contributed by atoms with van der Waals surface area (Å²) >= 11 is 0. The molecule has 0 saturated carbocycles. The minimum atomic E-state index is -1.59. The second-order valence-corrected chi connectivity index (χ2v) is 3.28. The highest BCUT2D eigenvalue weighted by molar-refractivity contribution is 6.33. The zero-order valence-corrected chi connectivity index (χ0v) is 8.71. The van der Waals surface area contributed by atoms with Crippen molar-refractivity contribution in [2.45, 2.75) is 12.5 Å². The van der Waals surface area contributed by atoms with Gasteiger partial charge in [0.05, 0.1) is 12.9 Å². The van der Waals surface area contributed by atoms with Crippen LogP contribution in [0, 0.1) is 0 Å². The second kappa shape index (κ2) is 5.75. The van der Waals surface area contributed by atoms with Gasteiger partial charge in [-0.1, -0.05) is 0 Å². The van der Waals surface area contributed by atoms with Gasteiger partial charge in [-0.05, 0) is 0 Å². The Labute approximate surface area is 95.7 Å². The number of carboxylic acids is 2. The third-order valence-electron chi connectivity index (χ3n) is 2.02. The molecule has 0 unspecified atom stereocenters. The average Bonchev–Trinajstić information content (AvgIpc) is 2.75. The van der Waals surface area contributed by atoms with Crippen molar-refractivity contribution in [3.8, 4) is 0 Å². The molecule has 1 rings (SSSR count). The number of carbonyl (C=O) groups is 3. The Morgan fingerprint density at radius 3 is 2.59 bits per heavy atom. The number of ketones is 1. The quantitative estimate of drug-likeness (QED) is 0.434.